The third-order valence-corrected chi connectivity index (χ3v) is 3.14. The molecule has 2 aliphatic carbocycles. The largest absolute Gasteiger partial charge is 0.312 e. The predicted molar refractivity (Wildman–Crippen MR) is 49.3 cm³/mol. The van der Waals surface area contributed by atoms with Gasteiger partial charge >= 0.3 is 0 Å². The minimum absolute atomic E-state index is 1.11. The smallest absolute Gasteiger partial charge is 0.0211 e. The van der Waals surface area contributed by atoms with Crippen molar-refractivity contribution in [2.45, 2.75) is 25.8 Å². The number of nitrogens with one attached hydrogen (secondary N) is 1. The molecule has 1 N–H and O–H groups in total. The van der Waals surface area contributed by atoms with E-state index >= 15 is 0 Å². The molecule has 2 bridgehead atoms. The standard InChI is InChI=1S/C11H13N/c1-3-9-4-2-8(1)10-5-6-12-7-11(9)10/h1,3,12H,2,4-7H2. The number of aryl methyl sites for hydroxylation is 2. The van der Waals surface area contributed by atoms with Gasteiger partial charge in [-0.05, 0) is 48.1 Å². The van der Waals surface area contributed by atoms with Crippen molar-refractivity contribution in [1.29, 1.82) is 0 Å². The fourth-order valence-electron chi connectivity index (χ4n) is 2.49. The Morgan fingerprint density at radius 3 is 2.33 bits per heavy atom. The molecule has 1 nitrogen and oxygen atoms in total. The fraction of sp³-hybridized carbons (Fsp3) is 0.455. The first-order chi connectivity index (χ1) is 5.95. The van der Waals surface area contributed by atoms with Gasteiger partial charge in [-0.1, -0.05) is 12.1 Å². The molecule has 0 fully saturated rings. The zero-order valence-electron chi connectivity index (χ0n) is 7.19. The van der Waals surface area contributed by atoms with Crippen molar-refractivity contribution < 1.29 is 0 Å². The SMILES string of the molecule is c1cc2c3c(c1CC2)CCNC3. The van der Waals surface area contributed by atoms with Crippen molar-refractivity contribution in [3.8, 4) is 0 Å². The molecule has 3 aliphatic rings. The molecule has 1 aromatic carbocycles. The Bertz CT molecular complexity index is 295. The van der Waals surface area contributed by atoms with E-state index in [-0.39, 0.29) is 0 Å². The van der Waals surface area contributed by atoms with Gasteiger partial charge < -0.3 is 5.32 Å². The molecule has 0 aromatic heterocycles. The van der Waals surface area contributed by atoms with E-state index in [1.165, 1.54) is 25.8 Å². The normalized spacial score (nSPS) is 19.3. The Morgan fingerprint density at radius 1 is 0.917 bits per heavy atom. The summed E-state index contributed by atoms with van der Waals surface area (Å²) in [6, 6.07) is 4.63. The fourth-order valence-corrected chi connectivity index (χ4v) is 2.49. The lowest BCUT2D eigenvalue weighted by molar-refractivity contribution is 0.620. The summed E-state index contributed by atoms with van der Waals surface area (Å²) in [6.45, 7) is 2.28. The van der Waals surface area contributed by atoms with E-state index in [0.29, 0.717) is 0 Å². The van der Waals surface area contributed by atoms with Crippen LogP contribution in [-0.4, -0.2) is 6.54 Å². The first-order valence-corrected chi connectivity index (χ1v) is 4.78. The summed E-state index contributed by atoms with van der Waals surface area (Å²) in [5.74, 6) is 0. The van der Waals surface area contributed by atoms with Crippen molar-refractivity contribution in [3.63, 3.8) is 0 Å². The van der Waals surface area contributed by atoms with Crippen LogP contribution in [0.5, 0.6) is 0 Å². The third-order valence-electron chi connectivity index (χ3n) is 3.14. The Labute approximate surface area is 72.8 Å². The molecule has 12 heavy (non-hydrogen) atoms. The van der Waals surface area contributed by atoms with E-state index < -0.39 is 0 Å². The van der Waals surface area contributed by atoms with Crippen molar-refractivity contribution in [1.82, 2.24) is 5.32 Å². The zero-order valence-corrected chi connectivity index (χ0v) is 7.19. The van der Waals surface area contributed by atoms with Crippen LogP contribution >= 0.6 is 0 Å². The van der Waals surface area contributed by atoms with Crippen LogP contribution in [0.4, 0.5) is 0 Å². The topological polar surface area (TPSA) is 12.0 Å². The van der Waals surface area contributed by atoms with Gasteiger partial charge in [0.25, 0.3) is 0 Å². The average molecular weight is 159 g/mol. The van der Waals surface area contributed by atoms with E-state index in [1.807, 2.05) is 0 Å². The summed E-state index contributed by atoms with van der Waals surface area (Å²) in [7, 11) is 0. The Morgan fingerprint density at radius 2 is 1.67 bits per heavy atom. The maximum absolute atomic E-state index is 3.44. The summed E-state index contributed by atoms with van der Waals surface area (Å²) in [5, 5.41) is 3.44. The van der Waals surface area contributed by atoms with Crippen LogP contribution < -0.4 is 5.32 Å². The van der Waals surface area contributed by atoms with Gasteiger partial charge in [0.05, 0.1) is 0 Å². The van der Waals surface area contributed by atoms with Crippen LogP contribution in [-0.2, 0) is 25.8 Å². The van der Waals surface area contributed by atoms with Crippen LogP contribution in [0.3, 0.4) is 0 Å². The van der Waals surface area contributed by atoms with Gasteiger partial charge in [-0.15, -0.1) is 0 Å². The predicted octanol–water partition coefficient (Wildman–Crippen LogP) is 1.43. The molecule has 0 atom stereocenters. The van der Waals surface area contributed by atoms with Crippen molar-refractivity contribution in [2.24, 2.45) is 0 Å². The van der Waals surface area contributed by atoms with Gasteiger partial charge in [0.15, 0.2) is 0 Å². The van der Waals surface area contributed by atoms with Crippen molar-refractivity contribution in [3.05, 3.63) is 34.4 Å². The second kappa shape index (κ2) is 2.33. The van der Waals surface area contributed by atoms with Gasteiger partial charge in [0.2, 0.25) is 0 Å². The summed E-state index contributed by atoms with van der Waals surface area (Å²) < 4.78 is 0. The molecule has 62 valence electrons. The second-order valence-corrected chi connectivity index (χ2v) is 3.77. The highest BCUT2D eigenvalue weighted by molar-refractivity contribution is 5.46. The van der Waals surface area contributed by atoms with E-state index in [4.69, 9.17) is 0 Å². The minimum Gasteiger partial charge on any atom is -0.312 e. The molecular formula is C11H13N. The highest BCUT2D eigenvalue weighted by Gasteiger charge is 2.20. The average Bonchev–Trinajstić information content (AvgIpc) is 2.20. The highest BCUT2D eigenvalue weighted by Crippen LogP contribution is 2.29. The molecule has 0 spiro atoms. The highest BCUT2D eigenvalue weighted by atomic mass is 14.9. The molecule has 4 rings (SSSR count). The Kier molecular flexibility index (Phi) is 1.30. The first kappa shape index (κ1) is 6.67. The quantitative estimate of drug-likeness (QED) is 0.604. The molecule has 0 unspecified atom stereocenters. The summed E-state index contributed by atoms with van der Waals surface area (Å²) in [6.07, 6.45) is 3.83. The van der Waals surface area contributed by atoms with Crippen LogP contribution in [0.25, 0.3) is 0 Å². The summed E-state index contributed by atoms with van der Waals surface area (Å²) in [4.78, 5) is 0. The van der Waals surface area contributed by atoms with Gasteiger partial charge in [-0.2, -0.15) is 0 Å². The second-order valence-electron chi connectivity index (χ2n) is 3.77. The number of hydrogen-bond acceptors (Lipinski definition) is 1. The van der Waals surface area contributed by atoms with E-state index in [0.717, 1.165) is 6.54 Å². The number of hydrogen-bond donors (Lipinski definition) is 1. The van der Waals surface area contributed by atoms with Crippen LogP contribution in [0.1, 0.15) is 22.3 Å². The Hall–Kier alpha value is -0.820. The molecule has 0 saturated heterocycles. The first-order valence-electron chi connectivity index (χ1n) is 4.78. The third kappa shape index (κ3) is 0.774. The number of rotatable bonds is 0. The molecule has 0 amide bonds. The zero-order chi connectivity index (χ0) is 7.97. The summed E-state index contributed by atoms with van der Waals surface area (Å²) in [5.41, 5.74) is 6.48. The van der Waals surface area contributed by atoms with Gasteiger partial charge in [-0.25, -0.2) is 0 Å². The monoisotopic (exact) mass is 159 g/mol. The lowest BCUT2D eigenvalue weighted by atomic mass is 9.82. The van der Waals surface area contributed by atoms with Gasteiger partial charge in [0, 0.05) is 6.54 Å². The van der Waals surface area contributed by atoms with Crippen LogP contribution in [0.2, 0.25) is 0 Å². The molecule has 0 saturated carbocycles. The van der Waals surface area contributed by atoms with Gasteiger partial charge in [-0.3, -0.25) is 0 Å². The minimum atomic E-state index is 1.11. The van der Waals surface area contributed by atoms with E-state index in [9.17, 15) is 0 Å². The summed E-state index contributed by atoms with van der Waals surface area (Å²) >= 11 is 0. The molecule has 1 heterocycles. The molecule has 1 aromatic rings. The molecule has 1 heteroatoms. The van der Waals surface area contributed by atoms with Crippen LogP contribution in [0.15, 0.2) is 12.1 Å². The van der Waals surface area contributed by atoms with Crippen molar-refractivity contribution in [2.75, 3.05) is 6.54 Å². The Balaban J connectivity index is 2.25. The van der Waals surface area contributed by atoms with Crippen LogP contribution in [0, 0.1) is 0 Å². The lowest BCUT2D eigenvalue weighted by Crippen LogP contribution is -2.28. The van der Waals surface area contributed by atoms with E-state index in [2.05, 4.69) is 17.4 Å². The maximum Gasteiger partial charge on any atom is 0.0211 e. The van der Waals surface area contributed by atoms with Crippen molar-refractivity contribution >= 4 is 0 Å². The number of benzene rings is 1. The van der Waals surface area contributed by atoms with Gasteiger partial charge in [0.1, 0.15) is 0 Å². The lowest BCUT2D eigenvalue weighted by Gasteiger charge is -2.27. The van der Waals surface area contributed by atoms with E-state index in [1.54, 1.807) is 22.3 Å². The molecular weight excluding hydrogens is 146 g/mol. The molecule has 1 aliphatic heterocycles. The molecule has 0 radical (unpaired) electrons. The maximum atomic E-state index is 3.44. The number of fused-ring (bicyclic) bond motifs is 2.